The summed E-state index contributed by atoms with van der Waals surface area (Å²) >= 11 is 0. The fourth-order valence-corrected chi connectivity index (χ4v) is 1.60. The van der Waals surface area contributed by atoms with E-state index in [-0.39, 0.29) is 12.0 Å². The predicted molar refractivity (Wildman–Crippen MR) is 62.5 cm³/mol. The SMILES string of the molecule is [C-]#[N+]c1cccc(OCC#N)c1C(C)(C)C. The van der Waals surface area contributed by atoms with Crippen LogP contribution in [-0.4, -0.2) is 6.61 Å². The molecule has 0 aliphatic carbocycles. The molecule has 0 heterocycles. The lowest BCUT2D eigenvalue weighted by Crippen LogP contribution is -2.13. The Hall–Kier alpha value is -2.00. The number of hydrogen-bond acceptors (Lipinski definition) is 2. The van der Waals surface area contributed by atoms with Crippen molar-refractivity contribution in [3.63, 3.8) is 0 Å². The van der Waals surface area contributed by atoms with Crippen molar-refractivity contribution in [2.24, 2.45) is 0 Å². The van der Waals surface area contributed by atoms with Gasteiger partial charge in [-0.15, -0.1) is 0 Å². The van der Waals surface area contributed by atoms with Gasteiger partial charge in [0.25, 0.3) is 0 Å². The summed E-state index contributed by atoms with van der Waals surface area (Å²) in [5.74, 6) is 0.627. The van der Waals surface area contributed by atoms with Gasteiger partial charge in [-0.3, -0.25) is 0 Å². The maximum Gasteiger partial charge on any atom is 0.194 e. The number of nitrogens with zero attached hydrogens (tertiary/aromatic N) is 2. The largest absolute Gasteiger partial charge is 0.480 e. The van der Waals surface area contributed by atoms with E-state index >= 15 is 0 Å². The Morgan fingerprint density at radius 3 is 2.62 bits per heavy atom. The second kappa shape index (κ2) is 4.68. The van der Waals surface area contributed by atoms with E-state index in [0.717, 1.165) is 5.56 Å². The molecule has 0 amide bonds. The molecule has 0 unspecified atom stereocenters. The standard InChI is InChI=1S/C13H14N2O/c1-13(2,3)12-10(15-4)6-5-7-11(12)16-9-8-14/h5-7H,9H2,1-3H3. The molecule has 0 atom stereocenters. The lowest BCUT2D eigenvalue weighted by molar-refractivity contribution is 0.356. The van der Waals surface area contributed by atoms with Gasteiger partial charge in [-0.2, -0.15) is 5.26 Å². The van der Waals surface area contributed by atoms with Crippen LogP contribution in [0.3, 0.4) is 0 Å². The lowest BCUT2D eigenvalue weighted by Gasteiger charge is -2.23. The van der Waals surface area contributed by atoms with Gasteiger partial charge in [0.2, 0.25) is 0 Å². The van der Waals surface area contributed by atoms with Crippen LogP contribution in [0.4, 0.5) is 5.69 Å². The van der Waals surface area contributed by atoms with Crippen molar-refractivity contribution in [3.8, 4) is 11.8 Å². The quantitative estimate of drug-likeness (QED) is 0.707. The molecule has 3 nitrogen and oxygen atoms in total. The van der Waals surface area contributed by atoms with Crippen molar-refractivity contribution in [1.82, 2.24) is 0 Å². The average Bonchev–Trinajstić information content (AvgIpc) is 2.24. The Balaban J connectivity index is 3.29. The van der Waals surface area contributed by atoms with Gasteiger partial charge in [0, 0.05) is 5.56 Å². The van der Waals surface area contributed by atoms with Gasteiger partial charge >= 0.3 is 0 Å². The zero-order valence-electron chi connectivity index (χ0n) is 9.74. The van der Waals surface area contributed by atoms with Crippen LogP contribution < -0.4 is 4.74 Å². The highest BCUT2D eigenvalue weighted by Crippen LogP contribution is 2.38. The summed E-state index contributed by atoms with van der Waals surface area (Å²) in [5, 5.41) is 8.51. The minimum atomic E-state index is -0.175. The minimum absolute atomic E-state index is 0.00450. The Morgan fingerprint density at radius 2 is 2.12 bits per heavy atom. The molecule has 3 heteroatoms. The van der Waals surface area contributed by atoms with Gasteiger partial charge in [-0.25, -0.2) is 4.85 Å². The summed E-state index contributed by atoms with van der Waals surface area (Å²) in [7, 11) is 0. The number of benzene rings is 1. The highest BCUT2D eigenvalue weighted by molar-refractivity contribution is 5.61. The van der Waals surface area contributed by atoms with Gasteiger partial charge in [-0.1, -0.05) is 32.9 Å². The van der Waals surface area contributed by atoms with Gasteiger partial charge < -0.3 is 4.74 Å². The van der Waals surface area contributed by atoms with E-state index in [9.17, 15) is 0 Å². The van der Waals surface area contributed by atoms with Crippen molar-refractivity contribution in [2.75, 3.05) is 6.61 Å². The maximum atomic E-state index is 8.51. The highest BCUT2D eigenvalue weighted by Gasteiger charge is 2.22. The number of rotatable bonds is 2. The van der Waals surface area contributed by atoms with E-state index in [2.05, 4.69) is 4.85 Å². The molecule has 0 aromatic heterocycles. The zero-order valence-corrected chi connectivity index (χ0v) is 9.74. The van der Waals surface area contributed by atoms with Crippen LogP contribution >= 0.6 is 0 Å². The fourth-order valence-electron chi connectivity index (χ4n) is 1.60. The molecule has 0 radical (unpaired) electrons. The van der Waals surface area contributed by atoms with Gasteiger partial charge in [0.15, 0.2) is 12.3 Å². The first-order valence-electron chi connectivity index (χ1n) is 5.01. The molecule has 82 valence electrons. The summed E-state index contributed by atoms with van der Waals surface area (Å²) in [6.07, 6.45) is 0. The summed E-state index contributed by atoms with van der Waals surface area (Å²) in [4.78, 5) is 3.49. The highest BCUT2D eigenvalue weighted by atomic mass is 16.5. The van der Waals surface area contributed by atoms with Crippen molar-refractivity contribution >= 4 is 5.69 Å². The molecule has 1 rings (SSSR count). The molecular formula is C13H14N2O. The smallest absolute Gasteiger partial charge is 0.194 e. The summed E-state index contributed by atoms with van der Waals surface area (Å²) in [5.41, 5.74) is 1.27. The third-order valence-corrected chi connectivity index (χ3v) is 2.17. The second-order valence-electron chi connectivity index (χ2n) is 4.46. The van der Waals surface area contributed by atoms with Crippen molar-refractivity contribution in [2.45, 2.75) is 26.2 Å². The van der Waals surface area contributed by atoms with Gasteiger partial charge in [-0.05, 0) is 11.5 Å². The number of hydrogen-bond donors (Lipinski definition) is 0. The first kappa shape index (κ1) is 12.1. The predicted octanol–water partition coefficient (Wildman–Crippen LogP) is 3.44. The second-order valence-corrected chi connectivity index (χ2v) is 4.46. The van der Waals surface area contributed by atoms with Crippen molar-refractivity contribution in [1.29, 1.82) is 5.26 Å². The van der Waals surface area contributed by atoms with Crippen LogP contribution in [0.1, 0.15) is 26.3 Å². The molecule has 0 aliphatic rings. The van der Waals surface area contributed by atoms with Crippen LogP contribution in [0, 0.1) is 17.9 Å². The fraction of sp³-hybridized carbons (Fsp3) is 0.385. The normalized spacial score (nSPS) is 10.3. The van der Waals surface area contributed by atoms with Crippen LogP contribution in [0.5, 0.6) is 5.75 Å². The Kier molecular flexibility index (Phi) is 3.53. The Labute approximate surface area is 96.1 Å². The van der Waals surface area contributed by atoms with Gasteiger partial charge in [0.05, 0.1) is 6.57 Å². The van der Waals surface area contributed by atoms with E-state index in [4.69, 9.17) is 16.6 Å². The van der Waals surface area contributed by atoms with Gasteiger partial charge in [0.1, 0.15) is 11.8 Å². The van der Waals surface area contributed by atoms with E-state index in [1.165, 1.54) is 0 Å². The summed E-state index contributed by atoms with van der Waals surface area (Å²) < 4.78 is 5.35. The molecule has 0 N–H and O–H groups in total. The average molecular weight is 214 g/mol. The zero-order chi connectivity index (χ0) is 12.2. The molecule has 0 fully saturated rings. The first-order valence-corrected chi connectivity index (χ1v) is 5.01. The van der Waals surface area contributed by atoms with Crippen LogP contribution in [0.2, 0.25) is 0 Å². The van der Waals surface area contributed by atoms with Crippen LogP contribution in [0.25, 0.3) is 4.85 Å². The van der Waals surface area contributed by atoms with Crippen molar-refractivity contribution < 1.29 is 4.74 Å². The topological polar surface area (TPSA) is 37.4 Å². The molecule has 0 aliphatic heterocycles. The molecule has 0 saturated heterocycles. The number of nitriles is 1. The van der Waals surface area contributed by atoms with E-state index in [1.807, 2.05) is 26.8 Å². The van der Waals surface area contributed by atoms with E-state index < -0.39 is 0 Å². The lowest BCUT2D eigenvalue weighted by atomic mass is 9.85. The monoisotopic (exact) mass is 214 g/mol. The van der Waals surface area contributed by atoms with E-state index in [1.54, 1.807) is 18.2 Å². The third-order valence-electron chi connectivity index (χ3n) is 2.17. The molecule has 1 aromatic rings. The van der Waals surface area contributed by atoms with Crippen molar-refractivity contribution in [3.05, 3.63) is 35.2 Å². The molecule has 1 aromatic carbocycles. The summed E-state index contributed by atoms with van der Waals surface area (Å²) in [6, 6.07) is 7.27. The number of ether oxygens (including phenoxy) is 1. The first-order chi connectivity index (χ1) is 7.50. The van der Waals surface area contributed by atoms with Crippen LogP contribution in [0.15, 0.2) is 18.2 Å². The minimum Gasteiger partial charge on any atom is -0.480 e. The summed E-state index contributed by atoms with van der Waals surface area (Å²) in [6.45, 7) is 13.2. The Morgan fingerprint density at radius 1 is 1.44 bits per heavy atom. The molecule has 0 saturated carbocycles. The molecule has 0 spiro atoms. The Bertz CT molecular complexity index is 458. The van der Waals surface area contributed by atoms with Crippen LogP contribution in [-0.2, 0) is 5.41 Å². The molecule has 16 heavy (non-hydrogen) atoms. The van der Waals surface area contributed by atoms with E-state index in [0.29, 0.717) is 11.4 Å². The molecule has 0 bridgehead atoms. The molecular weight excluding hydrogens is 200 g/mol. The maximum absolute atomic E-state index is 8.51. The third kappa shape index (κ3) is 2.52.